The zero-order valence-electron chi connectivity index (χ0n) is 23.9. The minimum Gasteiger partial charge on any atom is -0.479 e. The summed E-state index contributed by atoms with van der Waals surface area (Å²) in [6.45, 7) is 4.22. The van der Waals surface area contributed by atoms with Crippen LogP contribution in [0.5, 0.6) is 0 Å². The van der Waals surface area contributed by atoms with Gasteiger partial charge in [0.1, 0.15) is 0 Å². The van der Waals surface area contributed by atoms with Gasteiger partial charge in [0.2, 0.25) is 0 Å². The predicted molar refractivity (Wildman–Crippen MR) is 157 cm³/mol. The van der Waals surface area contributed by atoms with E-state index in [1.807, 2.05) is 6.92 Å². The van der Waals surface area contributed by atoms with Crippen molar-refractivity contribution < 1.29 is 28.6 Å². The lowest BCUT2D eigenvalue weighted by atomic mass is 9.85. The topological polar surface area (TPSA) is 93.1 Å². The number of carboxylic acid groups (broad SMARTS) is 1. The van der Waals surface area contributed by atoms with Crippen molar-refractivity contribution >= 4 is 25.3 Å². The lowest BCUT2D eigenvalue weighted by Gasteiger charge is -2.32. The van der Waals surface area contributed by atoms with E-state index >= 15 is 0 Å². The number of rotatable bonds is 25. The standard InChI is InChI=1S/C29H57O6PS/c1-3-5-6-7-8-9-12-18-24-34-29(28(30)31,36(32,33)35-23-4-2)26-37-25-19-13-10-11-15-20-27-21-16-14-17-22-27/h27H,3-26H2,1-2H3,(H,30,31)(H,32,33). The van der Waals surface area contributed by atoms with E-state index < -0.39 is 18.9 Å². The Morgan fingerprint density at radius 2 is 1.43 bits per heavy atom. The van der Waals surface area contributed by atoms with E-state index in [4.69, 9.17) is 9.26 Å². The molecule has 0 aliphatic heterocycles. The molecule has 8 heteroatoms. The second-order valence-electron chi connectivity index (χ2n) is 10.9. The van der Waals surface area contributed by atoms with E-state index in [-0.39, 0.29) is 19.0 Å². The molecule has 1 fully saturated rings. The summed E-state index contributed by atoms with van der Waals surface area (Å²) in [6.07, 6.45) is 23.7. The zero-order chi connectivity index (χ0) is 27.2. The minimum absolute atomic E-state index is 0.0372. The summed E-state index contributed by atoms with van der Waals surface area (Å²) in [4.78, 5) is 23.0. The van der Waals surface area contributed by atoms with Gasteiger partial charge in [-0.15, -0.1) is 0 Å². The van der Waals surface area contributed by atoms with Gasteiger partial charge in [0.05, 0.1) is 6.61 Å². The van der Waals surface area contributed by atoms with Crippen LogP contribution in [0.3, 0.4) is 0 Å². The molecule has 6 nitrogen and oxygen atoms in total. The molecule has 0 aromatic heterocycles. The van der Waals surface area contributed by atoms with E-state index in [1.54, 1.807) is 0 Å². The quantitative estimate of drug-likeness (QED) is 0.0843. The highest BCUT2D eigenvalue weighted by molar-refractivity contribution is 7.99. The first-order valence-electron chi connectivity index (χ1n) is 15.3. The maximum atomic E-state index is 13.1. The van der Waals surface area contributed by atoms with Crippen molar-refractivity contribution in [2.24, 2.45) is 5.92 Å². The van der Waals surface area contributed by atoms with Crippen LogP contribution in [0.25, 0.3) is 0 Å². The summed E-state index contributed by atoms with van der Waals surface area (Å²) < 4.78 is 24.0. The molecule has 2 N–H and O–H groups in total. The summed E-state index contributed by atoms with van der Waals surface area (Å²) in [7, 11) is -4.51. The third-order valence-corrected chi connectivity index (χ3v) is 10.8. The van der Waals surface area contributed by atoms with E-state index in [2.05, 4.69) is 6.92 Å². The molecule has 37 heavy (non-hydrogen) atoms. The van der Waals surface area contributed by atoms with Crippen molar-refractivity contribution in [1.29, 1.82) is 0 Å². The molecular weight excluding hydrogens is 507 g/mol. The van der Waals surface area contributed by atoms with Crippen molar-refractivity contribution in [2.75, 3.05) is 24.7 Å². The summed E-state index contributed by atoms with van der Waals surface area (Å²) >= 11 is 1.40. The first-order valence-corrected chi connectivity index (χ1v) is 18.1. The van der Waals surface area contributed by atoms with Gasteiger partial charge in [-0.25, -0.2) is 4.79 Å². The third-order valence-electron chi connectivity index (χ3n) is 7.52. The SMILES string of the molecule is CCCCCCCCCCOC(CSCCCCCCCC1CCCCC1)(C(=O)O)P(=O)(O)OCCC. The normalized spacial score (nSPS) is 17.9. The van der Waals surface area contributed by atoms with Crippen molar-refractivity contribution in [1.82, 2.24) is 0 Å². The number of ether oxygens (including phenoxy) is 1. The lowest BCUT2D eigenvalue weighted by molar-refractivity contribution is -0.155. The third kappa shape index (κ3) is 14.8. The molecule has 0 saturated heterocycles. The van der Waals surface area contributed by atoms with Crippen molar-refractivity contribution in [3.63, 3.8) is 0 Å². The van der Waals surface area contributed by atoms with Crippen LogP contribution >= 0.6 is 19.4 Å². The Morgan fingerprint density at radius 3 is 2.05 bits per heavy atom. The molecule has 0 aromatic carbocycles. The molecule has 0 radical (unpaired) electrons. The van der Waals surface area contributed by atoms with Crippen molar-refractivity contribution in [3.8, 4) is 0 Å². The van der Waals surface area contributed by atoms with E-state index in [1.165, 1.54) is 102 Å². The number of carboxylic acids is 1. The van der Waals surface area contributed by atoms with E-state index in [0.29, 0.717) is 12.8 Å². The van der Waals surface area contributed by atoms with E-state index in [0.717, 1.165) is 37.4 Å². The van der Waals surface area contributed by atoms with Gasteiger partial charge in [-0.1, -0.05) is 123 Å². The molecule has 0 aromatic rings. The largest absolute Gasteiger partial charge is 0.479 e. The molecule has 1 aliphatic carbocycles. The number of hydrogen-bond acceptors (Lipinski definition) is 5. The first kappa shape index (κ1) is 35.0. The molecule has 0 spiro atoms. The maximum Gasteiger partial charge on any atom is 0.372 e. The molecule has 0 amide bonds. The van der Waals surface area contributed by atoms with Crippen LogP contribution in [0.2, 0.25) is 0 Å². The molecule has 2 unspecified atom stereocenters. The van der Waals surface area contributed by atoms with Crippen LogP contribution in [0.1, 0.15) is 142 Å². The summed E-state index contributed by atoms with van der Waals surface area (Å²) in [6, 6.07) is 0. The van der Waals surface area contributed by atoms with Gasteiger partial charge >= 0.3 is 13.6 Å². The first-order chi connectivity index (χ1) is 17.9. The number of carbonyl (C=O) groups is 1. The van der Waals surface area contributed by atoms with Gasteiger partial charge in [0, 0.05) is 12.4 Å². The van der Waals surface area contributed by atoms with Crippen LogP contribution in [0.4, 0.5) is 0 Å². The fourth-order valence-corrected chi connectivity index (χ4v) is 8.20. The van der Waals surface area contributed by atoms with Gasteiger partial charge in [-0.2, -0.15) is 11.8 Å². The monoisotopic (exact) mass is 564 g/mol. The highest BCUT2D eigenvalue weighted by atomic mass is 32.2. The number of aliphatic carboxylic acids is 1. The Bertz CT molecular complexity index is 613. The summed E-state index contributed by atoms with van der Waals surface area (Å²) in [5, 5.41) is 7.84. The van der Waals surface area contributed by atoms with Gasteiger partial charge < -0.3 is 19.3 Å². The average Bonchev–Trinajstić information content (AvgIpc) is 2.89. The number of thioether (sulfide) groups is 1. The smallest absolute Gasteiger partial charge is 0.372 e. The fourth-order valence-electron chi connectivity index (χ4n) is 5.10. The van der Waals surface area contributed by atoms with Gasteiger partial charge in [-0.3, -0.25) is 4.57 Å². The molecule has 2 atom stereocenters. The second kappa shape index (κ2) is 21.7. The Balaban J connectivity index is 2.40. The Hall–Kier alpha value is -0.0700. The molecule has 220 valence electrons. The molecule has 0 bridgehead atoms. The van der Waals surface area contributed by atoms with E-state index in [9.17, 15) is 19.4 Å². The molecule has 1 aliphatic rings. The van der Waals surface area contributed by atoms with Gasteiger partial charge in [0.25, 0.3) is 5.34 Å². The molecule has 1 saturated carbocycles. The Labute approximate surface area is 232 Å². The Kier molecular flexibility index (Phi) is 20.5. The van der Waals surface area contributed by atoms with Crippen LogP contribution in [0, 0.1) is 5.92 Å². The fraction of sp³-hybridized carbons (Fsp3) is 0.966. The molecule has 1 rings (SSSR count). The van der Waals surface area contributed by atoms with Crippen molar-refractivity contribution in [2.45, 2.75) is 148 Å². The summed E-state index contributed by atoms with van der Waals surface area (Å²) in [5.41, 5.74) is 0. The second-order valence-corrected chi connectivity index (χ2v) is 14.0. The highest BCUT2D eigenvalue weighted by Crippen LogP contribution is 2.57. The van der Waals surface area contributed by atoms with Crippen molar-refractivity contribution in [3.05, 3.63) is 0 Å². The Morgan fingerprint density at radius 1 is 0.838 bits per heavy atom. The van der Waals surface area contributed by atoms with Gasteiger partial charge in [0.15, 0.2) is 0 Å². The number of hydrogen-bond donors (Lipinski definition) is 2. The predicted octanol–water partition coefficient (Wildman–Crippen LogP) is 9.19. The minimum atomic E-state index is -4.51. The molecular formula is C29H57O6PS. The average molecular weight is 565 g/mol. The maximum absolute atomic E-state index is 13.1. The zero-order valence-corrected chi connectivity index (χ0v) is 25.6. The number of unbranched alkanes of at least 4 members (excludes halogenated alkanes) is 11. The van der Waals surface area contributed by atoms with Crippen LogP contribution in [-0.2, 0) is 18.6 Å². The van der Waals surface area contributed by atoms with Crippen LogP contribution in [-0.4, -0.2) is 46.0 Å². The van der Waals surface area contributed by atoms with Gasteiger partial charge in [-0.05, 0) is 30.9 Å². The highest BCUT2D eigenvalue weighted by Gasteiger charge is 2.57. The van der Waals surface area contributed by atoms with Crippen LogP contribution < -0.4 is 0 Å². The lowest BCUT2D eigenvalue weighted by Crippen LogP contribution is -2.45. The molecule has 0 heterocycles. The summed E-state index contributed by atoms with van der Waals surface area (Å²) in [5.74, 6) is 0.234. The van der Waals surface area contributed by atoms with Crippen LogP contribution in [0.15, 0.2) is 0 Å².